The lowest BCUT2D eigenvalue weighted by molar-refractivity contribution is -0.131. The van der Waals surface area contributed by atoms with Crippen LogP contribution in [-0.2, 0) is 17.8 Å². The molecule has 5 aromatic rings. The molecule has 10 heteroatoms. The van der Waals surface area contributed by atoms with Gasteiger partial charge in [0, 0.05) is 39.0 Å². The van der Waals surface area contributed by atoms with E-state index in [0.29, 0.717) is 60.8 Å². The number of anilines is 1. The Morgan fingerprint density at radius 2 is 1.56 bits per heavy atom. The van der Waals surface area contributed by atoms with Crippen molar-refractivity contribution in [2.24, 2.45) is 0 Å². The molecular weight excluding hydrogens is 502 g/mol. The van der Waals surface area contributed by atoms with Gasteiger partial charge in [-0.15, -0.1) is 10.2 Å². The second kappa shape index (κ2) is 10.3. The number of carbonyl (C=O) groups is 1. The SMILES string of the molecule is O=C(CCc1nnc2n(Cc3ccc(F)cc3)c(=O)c3ccccc3n12)N1CCN(c2ccccc2F)CC1. The number of para-hydroxylation sites is 2. The number of nitrogens with zero attached hydrogens (tertiary/aromatic N) is 6. The number of aryl methyl sites for hydroxylation is 1. The molecule has 39 heavy (non-hydrogen) atoms. The predicted octanol–water partition coefficient (Wildman–Crippen LogP) is 3.65. The minimum absolute atomic E-state index is 0.0103. The number of benzene rings is 3. The van der Waals surface area contributed by atoms with Gasteiger partial charge in [0.2, 0.25) is 11.7 Å². The molecule has 0 unspecified atom stereocenters. The van der Waals surface area contributed by atoms with E-state index in [9.17, 15) is 18.4 Å². The molecule has 1 fully saturated rings. The Hall–Kier alpha value is -4.60. The Bertz CT molecular complexity index is 1720. The van der Waals surface area contributed by atoms with Crippen LogP contribution in [0.4, 0.5) is 14.5 Å². The van der Waals surface area contributed by atoms with E-state index in [2.05, 4.69) is 10.2 Å². The van der Waals surface area contributed by atoms with E-state index >= 15 is 0 Å². The standard InChI is InChI=1S/C29H26F2N6O2/c30-21-11-9-20(10-12-21)19-36-28(39)22-5-1-3-7-24(22)37-26(32-33-29(36)37)13-14-27(38)35-17-15-34(16-18-35)25-8-4-2-6-23(25)31/h1-12H,13-19H2. The highest BCUT2D eigenvalue weighted by molar-refractivity contribution is 5.81. The molecule has 1 saturated heterocycles. The number of amides is 1. The molecule has 0 N–H and O–H groups in total. The van der Waals surface area contributed by atoms with Crippen molar-refractivity contribution in [2.45, 2.75) is 19.4 Å². The third-order valence-electron chi connectivity index (χ3n) is 7.22. The average Bonchev–Trinajstić information content (AvgIpc) is 3.39. The van der Waals surface area contributed by atoms with E-state index < -0.39 is 0 Å². The Balaban J connectivity index is 1.23. The van der Waals surface area contributed by atoms with Crippen molar-refractivity contribution in [3.8, 4) is 0 Å². The first-order valence-corrected chi connectivity index (χ1v) is 12.9. The zero-order chi connectivity index (χ0) is 26.9. The summed E-state index contributed by atoms with van der Waals surface area (Å²) in [5.41, 5.74) is 1.76. The molecular formula is C29H26F2N6O2. The summed E-state index contributed by atoms with van der Waals surface area (Å²) < 4.78 is 30.9. The molecule has 8 nitrogen and oxygen atoms in total. The van der Waals surface area contributed by atoms with Crippen molar-refractivity contribution in [1.82, 2.24) is 24.1 Å². The number of hydrogen-bond acceptors (Lipinski definition) is 5. The van der Waals surface area contributed by atoms with Gasteiger partial charge in [0.25, 0.3) is 5.56 Å². The minimum Gasteiger partial charge on any atom is -0.366 e. The van der Waals surface area contributed by atoms with Crippen LogP contribution in [-0.4, -0.2) is 56.2 Å². The number of fused-ring (bicyclic) bond motifs is 3. The maximum absolute atomic E-state index is 14.2. The van der Waals surface area contributed by atoms with Crippen LogP contribution in [0.5, 0.6) is 0 Å². The van der Waals surface area contributed by atoms with Gasteiger partial charge in [-0.05, 0) is 42.0 Å². The quantitative estimate of drug-likeness (QED) is 0.336. The van der Waals surface area contributed by atoms with E-state index in [-0.39, 0.29) is 36.1 Å². The molecule has 198 valence electrons. The molecule has 3 heterocycles. The van der Waals surface area contributed by atoms with Crippen LogP contribution in [0.3, 0.4) is 0 Å². The summed E-state index contributed by atoms with van der Waals surface area (Å²) in [4.78, 5) is 30.2. The fraction of sp³-hybridized carbons (Fsp3) is 0.241. The molecule has 1 aliphatic heterocycles. The summed E-state index contributed by atoms with van der Waals surface area (Å²) in [5.74, 6) is 0.319. The molecule has 3 aromatic carbocycles. The maximum atomic E-state index is 14.2. The predicted molar refractivity (Wildman–Crippen MR) is 144 cm³/mol. The average molecular weight is 529 g/mol. The lowest BCUT2D eigenvalue weighted by Gasteiger charge is -2.36. The summed E-state index contributed by atoms with van der Waals surface area (Å²) in [6.45, 7) is 2.33. The smallest absolute Gasteiger partial charge is 0.263 e. The molecule has 6 rings (SSSR count). The van der Waals surface area contributed by atoms with Gasteiger partial charge in [-0.1, -0.05) is 36.4 Å². The number of carbonyl (C=O) groups excluding carboxylic acids is 1. The zero-order valence-electron chi connectivity index (χ0n) is 21.1. The van der Waals surface area contributed by atoms with Crippen LogP contribution in [0.15, 0.2) is 77.6 Å². The first-order chi connectivity index (χ1) is 19.0. The molecule has 0 atom stereocenters. The zero-order valence-corrected chi connectivity index (χ0v) is 21.1. The van der Waals surface area contributed by atoms with Crippen LogP contribution < -0.4 is 10.5 Å². The number of halogens is 2. The van der Waals surface area contributed by atoms with Crippen LogP contribution in [0.1, 0.15) is 17.8 Å². The molecule has 1 aliphatic rings. The van der Waals surface area contributed by atoms with Crippen molar-refractivity contribution in [2.75, 3.05) is 31.1 Å². The number of rotatable bonds is 6. The van der Waals surface area contributed by atoms with E-state index in [1.54, 1.807) is 41.3 Å². The van der Waals surface area contributed by atoms with Gasteiger partial charge in [-0.25, -0.2) is 8.78 Å². The van der Waals surface area contributed by atoms with Crippen LogP contribution >= 0.6 is 0 Å². The first-order valence-electron chi connectivity index (χ1n) is 12.9. The molecule has 0 saturated carbocycles. The van der Waals surface area contributed by atoms with Gasteiger partial charge in [0.15, 0.2) is 0 Å². The highest BCUT2D eigenvalue weighted by Crippen LogP contribution is 2.21. The maximum Gasteiger partial charge on any atom is 0.263 e. The van der Waals surface area contributed by atoms with Crippen molar-refractivity contribution in [3.63, 3.8) is 0 Å². The number of hydrogen-bond donors (Lipinski definition) is 0. The lowest BCUT2D eigenvalue weighted by Crippen LogP contribution is -2.49. The summed E-state index contributed by atoms with van der Waals surface area (Å²) >= 11 is 0. The Kier molecular flexibility index (Phi) is 6.52. The molecule has 0 radical (unpaired) electrons. The van der Waals surface area contributed by atoms with Gasteiger partial charge in [-0.2, -0.15) is 0 Å². The molecule has 0 aliphatic carbocycles. The molecule has 2 aromatic heterocycles. The van der Waals surface area contributed by atoms with Gasteiger partial charge < -0.3 is 9.80 Å². The van der Waals surface area contributed by atoms with Gasteiger partial charge in [0.1, 0.15) is 17.5 Å². The second-order valence-corrected chi connectivity index (χ2v) is 9.61. The highest BCUT2D eigenvalue weighted by atomic mass is 19.1. The second-order valence-electron chi connectivity index (χ2n) is 9.61. The Morgan fingerprint density at radius 1 is 0.846 bits per heavy atom. The first kappa shape index (κ1) is 24.7. The topological polar surface area (TPSA) is 75.7 Å². The summed E-state index contributed by atoms with van der Waals surface area (Å²) in [7, 11) is 0. The van der Waals surface area contributed by atoms with Crippen LogP contribution in [0.25, 0.3) is 16.7 Å². The lowest BCUT2D eigenvalue weighted by atomic mass is 10.2. The molecule has 0 bridgehead atoms. The van der Waals surface area contributed by atoms with Crippen molar-refractivity contribution < 1.29 is 13.6 Å². The number of aromatic nitrogens is 4. The molecule has 1 amide bonds. The minimum atomic E-state index is -0.349. The van der Waals surface area contributed by atoms with E-state index in [1.807, 2.05) is 27.5 Å². The fourth-order valence-corrected chi connectivity index (χ4v) is 5.17. The van der Waals surface area contributed by atoms with Gasteiger partial charge in [0.05, 0.1) is 23.1 Å². The summed E-state index contributed by atoms with van der Waals surface area (Å²) in [6, 6.07) is 19.9. The highest BCUT2D eigenvalue weighted by Gasteiger charge is 2.24. The fourth-order valence-electron chi connectivity index (χ4n) is 5.17. The van der Waals surface area contributed by atoms with E-state index in [4.69, 9.17) is 0 Å². The van der Waals surface area contributed by atoms with E-state index in [0.717, 1.165) is 5.56 Å². The Morgan fingerprint density at radius 3 is 2.33 bits per heavy atom. The van der Waals surface area contributed by atoms with Crippen LogP contribution in [0, 0.1) is 11.6 Å². The summed E-state index contributed by atoms with van der Waals surface area (Å²) in [5, 5.41) is 9.18. The summed E-state index contributed by atoms with van der Waals surface area (Å²) in [6.07, 6.45) is 0.568. The monoisotopic (exact) mass is 528 g/mol. The van der Waals surface area contributed by atoms with E-state index in [1.165, 1.54) is 22.8 Å². The van der Waals surface area contributed by atoms with Crippen LogP contribution in [0.2, 0.25) is 0 Å². The van der Waals surface area contributed by atoms with Crippen molar-refractivity contribution >= 4 is 28.3 Å². The van der Waals surface area contributed by atoms with Gasteiger partial charge >= 0.3 is 0 Å². The largest absolute Gasteiger partial charge is 0.366 e. The third-order valence-corrected chi connectivity index (χ3v) is 7.22. The normalized spacial score (nSPS) is 13.9. The third kappa shape index (κ3) is 4.73. The Labute approximate surface area is 222 Å². The van der Waals surface area contributed by atoms with Crippen molar-refractivity contribution in [1.29, 1.82) is 0 Å². The van der Waals surface area contributed by atoms with Gasteiger partial charge in [-0.3, -0.25) is 18.6 Å². The molecule has 0 spiro atoms. The van der Waals surface area contributed by atoms with Crippen molar-refractivity contribution in [3.05, 3.63) is 106 Å². The number of piperazine rings is 1.